The molecule has 0 aromatic heterocycles. The summed E-state index contributed by atoms with van der Waals surface area (Å²) in [5, 5.41) is 3.57. The van der Waals surface area contributed by atoms with Gasteiger partial charge in [0.2, 0.25) is 0 Å². The van der Waals surface area contributed by atoms with Gasteiger partial charge in [0, 0.05) is 19.7 Å². The molecule has 0 bridgehead atoms. The first-order valence-corrected chi connectivity index (χ1v) is 6.85. The largest absolute Gasteiger partial charge is 0.378 e. The Morgan fingerprint density at radius 2 is 2.33 bits per heavy atom. The molecular weight excluding hydrogens is 253 g/mol. The van der Waals surface area contributed by atoms with Gasteiger partial charge in [0.05, 0.1) is 11.1 Å². The lowest BCUT2D eigenvalue weighted by Gasteiger charge is -2.17. The summed E-state index contributed by atoms with van der Waals surface area (Å²) in [7, 11) is 0. The minimum Gasteiger partial charge on any atom is -0.378 e. The quantitative estimate of drug-likeness (QED) is 0.886. The fourth-order valence-corrected chi connectivity index (χ4v) is 2.65. The molecular formula is C14H19ClFNO. The lowest BCUT2D eigenvalue weighted by Crippen LogP contribution is -2.28. The maximum Gasteiger partial charge on any atom is 0.142 e. The van der Waals surface area contributed by atoms with Crippen LogP contribution in [0.1, 0.15) is 25.3 Å². The van der Waals surface area contributed by atoms with Crippen molar-refractivity contribution >= 4 is 11.6 Å². The molecule has 18 heavy (non-hydrogen) atoms. The lowest BCUT2D eigenvalue weighted by molar-refractivity contribution is 0.0872. The van der Waals surface area contributed by atoms with E-state index in [-0.39, 0.29) is 10.8 Å². The van der Waals surface area contributed by atoms with Gasteiger partial charge in [0.25, 0.3) is 0 Å². The first kappa shape index (κ1) is 13.8. The van der Waals surface area contributed by atoms with Crippen molar-refractivity contribution in [3.8, 4) is 0 Å². The summed E-state index contributed by atoms with van der Waals surface area (Å²) in [6.45, 7) is 4.49. The Morgan fingerprint density at radius 3 is 3.11 bits per heavy atom. The molecule has 0 aliphatic carbocycles. The van der Waals surface area contributed by atoms with Crippen molar-refractivity contribution in [3.05, 3.63) is 34.6 Å². The maximum absolute atomic E-state index is 13.2. The van der Waals surface area contributed by atoms with Gasteiger partial charge in [0.15, 0.2) is 0 Å². The molecule has 4 heteroatoms. The molecule has 1 aliphatic rings. The number of rotatable bonds is 5. The van der Waals surface area contributed by atoms with Crippen LogP contribution in [-0.4, -0.2) is 19.3 Å². The van der Waals surface area contributed by atoms with E-state index in [1.165, 1.54) is 6.07 Å². The SMILES string of the molecule is CCC1OCCC1CNCc1cccc(F)c1Cl. The highest BCUT2D eigenvalue weighted by atomic mass is 35.5. The zero-order chi connectivity index (χ0) is 13.0. The van der Waals surface area contributed by atoms with Crippen LogP contribution in [0.2, 0.25) is 5.02 Å². The van der Waals surface area contributed by atoms with E-state index in [1.54, 1.807) is 6.07 Å². The van der Waals surface area contributed by atoms with E-state index in [4.69, 9.17) is 16.3 Å². The lowest BCUT2D eigenvalue weighted by atomic mass is 9.99. The van der Waals surface area contributed by atoms with E-state index in [0.717, 1.165) is 31.6 Å². The van der Waals surface area contributed by atoms with Crippen molar-refractivity contribution in [2.24, 2.45) is 5.92 Å². The molecule has 1 N–H and O–H groups in total. The zero-order valence-corrected chi connectivity index (χ0v) is 11.3. The second-order valence-electron chi connectivity index (χ2n) is 4.71. The van der Waals surface area contributed by atoms with Gasteiger partial charge in [-0.3, -0.25) is 0 Å². The fourth-order valence-electron chi connectivity index (χ4n) is 2.45. The van der Waals surface area contributed by atoms with Gasteiger partial charge >= 0.3 is 0 Å². The number of hydrogen-bond acceptors (Lipinski definition) is 2. The summed E-state index contributed by atoms with van der Waals surface area (Å²) in [6, 6.07) is 4.91. The molecule has 1 heterocycles. The van der Waals surface area contributed by atoms with Gasteiger partial charge in [-0.1, -0.05) is 30.7 Å². The van der Waals surface area contributed by atoms with Crippen LogP contribution in [0, 0.1) is 11.7 Å². The molecule has 0 amide bonds. The van der Waals surface area contributed by atoms with Crippen LogP contribution in [0.5, 0.6) is 0 Å². The van der Waals surface area contributed by atoms with E-state index < -0.39 is 0 Å². The van der Waals surface area contributed by atoms with Gasteiger partial charge in [-0.15, -0.1) is 0 Å². The third-order valence-corrected chi connectivity index (χ3v) is 3.93. The predicted molar refractivity (Wildman–Crippen MR) is 71.3 cm³/mol. The molecule has 1 aromatic carbocycles. The second-order valence-corrected chi connectivity index (χ2v) is 5.09. The smallest absolute Gasteiger partial charge is 0.142 e. The summed E-state index contributed by atoms with van der Waals surface area (Å²) in [6.07, 6.45) is 2.51. The topological polar surface area (TPSA) is 21.3 Å². The van der Waals surface area contributed by atoms with Crippen molar-refractivity contribution in [2.75, 3.05) is 13.2 Å². The van der Waals surface area contributed by atoms with Crippen LogP contribution in [-0.2, 0) is 11.3 Å². The van der Waals surface area contributed by atoms with Crippen molar-refractivity contribution in [3.63, 3.8) is 0 Å². The van der Waals surface area contributed by atoms with Gasteiger partial charge < -0.3 is 10.1 Å². The summed E-state index contributed by atoms with van der Waals surface area (Å²) >= 11 is 5.90. The summed E-state index contributed by atoms with van der Waals surface area (Å²) < 4.78 is 18.9. The van der Waals surface area contributed by atoms with Gasteiger partial charge in [-0.05, 0) is 30.4 Å². The Morgan fingerprint density at radius 1 is 1.50 bits per heavy atom. The highest BCUT2D eigenvalue weighted by molar-refractivity contribution is 6.31. The highest BCUT2D eigenvalue weighted by Crippen LogP contribution is 2.23. The minimum absolute atomic E-state index is 0.222. The summed E-state index contributed by atoms with van der Waals surface area (Å²) in [4.78, 5) is 0. The fraction of sp³-hybridized carbons (Fsp3) is 0.571. The average Bonchev–Trinajstić information content (AvgIpc) is 2.82. The first-order chi connectivity index (χ1) is 8.72. The molecule has 100 valence electrons. The van der Waals surface area contributed by atoms with E-state index in [1.807, 2.05) is 6.07 Å². The molecule has 1 aromatic rings. The summed E-state index contributed by atoms with van der Waals surface area (Å²) in [5.41, 5.74) is 0.809. The standard InChI is InChI=1S/C14H19ClFNO/c1-2-13-10(6-7-18-13)8-17-9-11-4-3-5-12(16)14(11)15/h3-5,10,13,17H,2,6-9H2,1H3. The minimum atomic E-state index is -0.355. The molecule has 1 fully saturated rings. The van der Waals surface area contributed by atoms with E-state index in [0.29, 0.717) is 18.6 Å². The third kappa shape index (κ3) is 3.22. The Hall–Kier alpha value is -0.640. The Kier molecular flexibility index (Phi) is 4.98. The number of nitrogens with one attached hydrogen (secondary N) is 1. The van der Waals surface area contributed by atoms with Crippen LogP contribution in [0.3, 0.4) is 0 Å². The van der Waals surface area contributed by atoms with Crippen LogP contribution in [0.25, 0.3) is 0 Å². The maximum atomic E-state index is 13.2. The van der Waals surface area contributed by atoms with Gasteiger partial charge in [-0.2, -0.15) is 0 Å². The average molecular weight is 272 g/mol. The third-order valence-electron chi connectivity index (χ3n) is 3.50. The van der Waals surface area contributed by atoms with Crippen molar-refractivity contribution in [1.29, 1.82) is 0 Å². The van der Waals surface area contributed by atoms with Crippen molar-refractivity contribution in [2.45, 2.75) is 32.4 Å². The molecule has 0 radical (unpaired) electrons. The molecule has 2 rings (SSSR count). The Bertz CT molecular complexity index is 399. The van der Waals surface area contributed by atoms with E-state index in [2.05, 4.69) is 12.2 Å². The van der Waals surface area contributed by atoms with Gasteiger partial charge in [0.1, 0.15) is 5.82 Å². The van der Waals surface area contributed by atoms with E-state index in [9.17, 15) is 4.39 Å². The molecule has 2 atom stereocenters. The van der Waals surface area contributed by atoms with Crippen LogP contribution in [0.15, 0.2) is 18.2 Å². The molecule has 2 nitrogen and oxygen atoms in total. The monoisotopic (exact) mass is 271 g/mol. The predicted octanol–water partition coefficient (Wildman–Crippen LogP) is 3.38. The van der Waals surface area contributed by atoms with Crippen molar-refractivity contribution in [1.82, 2.24) is 5.32 Å². The van der Waals surface area contributed by atoms with Crippen molar-refractivity contribution < 1.29 is 9.13 Å². The number of hydrogen-bond donors (Lipinski definition) is 1. The van der Waals surface area contributed by atoms with Crippen LogP contribution >= 0.6 is 11.6 Å². The highest BCUT2D eigenvalue weighted by Gasteiger charge is 2.25. The zero-order valence-electron chi connectivity index (χ0n) is 10.6. The number of ether oxygens (including phenoxy) is 1. The van der Waals surface area contributed by atoms with E-state index >= 15 is 0 Å². The summed E-state index contributed by atoms with van der Waals surface area (Å²) in [5.74, 6) is 0.203. The second kappa shape index (κ2) is 6.50. The first-order valence-electron chi connectivity index (χ1n) is 6.47. The Labute approximate surface area is 112 Å². The molecule has 2 unspecified atom stereocenters. The number of halogens is 2. The molecule has 1 saturated heterocycles. The molecule has 0 saturated carbocycles. The molecule has 0 spiro atoms. The van der Waals surface area contributed by atoms with Gasteiger partial charge in [-0.25, -0.2) is 4.39 Å². The van der Waals surface area contributed by atoms with Crippen LogP contribution in [0.4, 0.5) is 4.39 Å². The number of benzene rings is 1. The van der Waals surface area contributed by atoms with Crippen LogP contribution < -0.4 is 5.32 Å². The Balaban J connectivity index is 1.83. The molecule has 1 aliphatic heterocycles. The normalized spacial score (nSPS) is 23.5.